The number of aryl methyl sites for hydroxylation is 1. The summed E-state index contributed by atoms with van der Waals surface area (Å²) in [5, 5.41) is 5.39. The average molecular weight is 518 g/mol. The van der Waals surface area contributed by atoms with Crippen molar-refractivity contribution in [2.75, 3.05) is 24.1 Å². The molecule has 192 valence electrons. The first kappa shape index (κ1) is 26.7. The predicted octanol–water partition coefficient (Wildman–Crippen LogP) is 3.22. The highest BCUT2D eigenvalue weighted by atomic mass is 32.2. The van der Waals surface area contributed by atoms with Gasteiger partial charge in [0.05, 0.1) is 16.9 Å². The second-order valence-corrected chi connectivity index (χ2v) is 9.69. The molecule has 0 spiro atoms. The SMILES string of the molecule is CNC(=O)c1c(Oc2cccc(NS(=O)(=O)NC)c2C)c(C)c(=O)n(C)c1Nc1ccc(C)cc1F. The molecule has 1 heterocycles. The lowest BCUT2D eigenvalue weighted by Crippen LogP contribution is -2.29. The zero-order chi connectivity index (χ0) is 26.8. The van der Waals surface area contributed by atoms with Crippen molar-refractivity contribution in [1.82, 2.24) is 14.6 Å². The maximum atomic E-state index is 14.6. The Morgan fingerprint density at radius 1 is 1.03 bits per heavy atom. The molecule has 0 unspecified atom stereocenters. The monoisotopic (exact) mass is 517 g/mol. The van der Waals surface area contributed by atoms with Gasteiger partial charge in [0, 0.05) is 26.7 Å². The molecule has 0 aliphatic carbocycles. The summed E-state index contributed by atoms with van der Waals surface area (Å²) in [4.78, 5) is 26.1. The lowest BCUT2D eigenvalue weighted by Gasteiger charge is -2.22. The third-order valence-electron chi connectivity index (χ3n) is 5.61. The molecule has 0 saturated heterocycles. The summed E-state index contributed by atoms with van der Waals surface area (Å²) in [6.07, 6.45) is 0. The van der Waals surface area contributed by atoms with E-state index in [1.165, 1.54) is 44.8 Å². The maximum Gasteiger partial charge on any atom is 0.298 e. The molecule has 1 amide bonds. The first-order valence-electron chi connectivity index (χ1n) is 10.9. The van der Waals surface area contributed by atoms with Crippen molar-refractivity contribution in [3.63, 3.8) is 0 Å². The van der Waals surface area contributed by atoms with Gasteiger partial charge in [0.1, 0.15) is 22.9 Å². The van der Waals surface area contributed by atoms with Crippen molar-refractivity contribution in [3.05, 3.63) is 74.8 Å². The minimum absolute atomic E-state index is 0.0207. The van der Waals surface area contributed by atoms with Gasteiger partial charge in [0.25, 0.3) is 21.7 Å². The van der Waals surface area contributed by atoms with Gasteiger partial charge in [-0.3, -0.25) is 18.9 Å². The Labute approximate surface area is 208 Å². The van der Waals surface area contributed by atoms with Crippen LogP contribution in [0.4, 0.5) is 21.6 Å². The Bertz CT molecular complexity index is 1500. The number of carbonyl (C=O) groups excluding carboxylic acids is 1. The van der Waals surface area contributed by atoms with E-state index in [0.717, 1.165) is 0 Å². The first-order chi connectivity index (χ1) is 16.9. The topological polar surface area (TPSA) is 131 Å². The molecule has 36 heavy (non-hydrogen) atoms. The van der Waals surface area contributed by atoms with Crippen LogP contribution >= 0.6 is 0 Å². The smallest absolute Gasteiger partial charge is 0.298 e. The average Bonchev–Trinajstić information content (AvgIpc) is 2.83. The molecule has 0 radical (unpaired) electrons. The van der Waals surface area contributed by atoms with E-state index in [1.807, 2.05) is 0 Å². The number of hydrogen-bond donors (Lipinski definition) is 4. The van der Waals surface area contributed by atoms with Crippen LogP contribution in [-0.4, -0.2) is 33.0 Å². The van der Waals surface area contributed by atoms with E-state index in [0.29, 0.717) is 11.1 Å². The molecule has 12 heteroatoms. The third kappa shape index (κ3) is 5.34. The van der Waals surface area contributed by atoms with E-state index in [9.17, 15) is 22.4 Å². The molecular weight excluding hydrogens is 489 g/mol. The second-order valence-electron chi connectivity index (χ2n) is 8.07. The summed E-state index contributed by atoms with van der Waals surface area (Å²) < 4.78 is 50.4. The Hall–Kier alpha value is -3.90. The van der Waals surface area contributed by atoms with Gasteiger partial charge in [-0.2, -0.15) is 8.42 Å². The number of nitrogens with zero attached hydrogens (tertiary/aromatic N) is 1. The first-order valence-corrected chi connectivity index (χ1v) is 12.4. The van der Waals surface area contributed by atoms with Crippen LogP contribution in [0.5, 0.6) is 11.5 Å². The minimum atomic E-state index is -3.80. The van der Waals surface area contributed by atoms with Gasteiger partial charge in [-0.05, 0) is 50.6 Å². The summed E-state index contributed by atoms with van der Waals surface area (Å²) in [5.41, 5.74) is 1.05. The molecule has 0 aliphatic heterocycles. The Morgan fingerprint density at radius 2 is 1.72 bits per heavy atom. The summed E-state index contributed by atoms with van der Waals surface area (Å²) in [5.74, 6) is -0.964. The van der Waals surface area contributed by atoms with E-state index in [2.05, 4.69) is 20.1 Å². The van der Waals surface area contributed by atoms with Gasteiger partial charge in [0.15, 0.2) is 5.75 Å². The highest BCUT2D eigenvalue weighted by Crippen LogP contribution is 2.36. The molecule has 2 aromatic carbocycles. The molecule has 10 nitrogen and oxygen atoms in total. The summed E-state index contributed by atoms with van der Waals surface area (Å²) in [6.45, 7) is 4.87. The number of rotatable bonds is 8. The van der Waals surface area contributed by atoms with Gasteiger partial charge < -0.3 is 15.4 Å². The molecule has 0 atom stereocenters. The molecular formula is C24H28FN5O5S. The summed E-state index contributed by atoms with van der Waals surface area (Å²) in [6, 6.07) is 9.20. The van der Waals surface area contributed by atoms with E-state index in [1.54, 1.807) is 38.1 Å². The number of pyridine rings is 1. The summed E-state index contributed by atoms with van der Waals surface area (Å²) in [7, 11) is 0.343. The Kier molecular flexibility index (Phi) is 7.70. The maximum absolute atomic E-state index is 14.6. The van der Waals surface area contributed by atoms with Crippen molar-refractivity contribution < 1.29 is 22.3 Å². The number of anilines is 3. The van der Waals surface area contributed by atoms with E-state index >= 15 is 0 Å². The quantitative estimate of drug-likeness (QED) is 0.363. The molecule has 4 N–H and O–H groups in total. The largest absolute Gasteiger partial charge is 0.456 e. The number of benzene rings is 2. The second kappa shape index (κ2) is 10.4. The fourth-order valence-corrected chi connectivity index (χ4v) is 4.13. The molecule has 0 bridgehead atoms. The lowest BCUT2D eigenvalue weighted by atomic mass is 10.1. The zero-order valence-corrected chi connectivity index (χ0v) is 21.6. The number of halogens is 1. The van der Waals surface area contributed by atoms with Crippen LogP contribution in [0.3, 0.4) is 0 Å². The number of aromatic nitrogens is 1. The molecule has 0 saturated carbocycles. The van der Waals surface area contributed by atoms with Crippen LogP contribution in [0.2, 0.25) is 0 Å². The third-order valence-corrected chi connectivity index (χ3v) is 6.63. The standard InChI is InChI=1S/C24H28FN5O5S/c1-13-10-11-18(16(25)12-13)28-22-20(23(31)26-4)21(15(3)24(32)30(22)6)35-19-9-7-8-17(14(19)2)29-36(33,34)27-5/h7-12,27-29H,1-6H3,(H,26,31). The molecule has 3 aromatic rings. The fourth-order valence-electron chi connectivity index (χ4n) is 3.51. The van der Waals surface area contributed by atoms with Gasteiger partial charge >= 0.3 is 0 Å². The molecule has 0 fully saturated rings. The highest BCUT2D eigenvalue weighted by Gasteiger charge is 2.26. The van der Waals surface area contributed by atoms with E-state index < -0.39 is 27.5 Å². The predicted molar refractivity (Wildman–Crippen MR) is 137 cm³/mol. The van der Waals surface area contributed by atoms with E-state index in [-0.39, 0.29) is 39.8 Å². The van der Waals surface area contributed by atoms with E-state index in [4.69, 9.17) is 4.74 Å². The number of nitrogens with one attached hydrogen (secondary N) is 4. The zero-order valence-electron chi connectivity index (χ0n) is 20.7. The van der Waals surface area contributed by atoms with Crippen LogP contribution in [0, 0.1) is 26.6 Å². The number of amides is 1. The van der Waals surface area contributed by atoms with Crippen LogP contribution in [0.1, 0.15) is 27.0 Å². The fraction of sp³-hybridized carbons (Fsp3) is 0.250. The number of ether oxygens (including phenoxy) is 1. The molecule has 0 aliphatic rings. The normalized spacial score (nSPS) is 11.2. The van der Waals surface area contributed by atoms with Crippen LogP contribution in [-0.2, 0) is 17.3 Å². The van der Waals surface area contributed by atoms with Gasteiger partial charge in [-0.25, -0.2) is 9.11 Å². The van der Waals surface area contributed by atoms with Crippen molar-refractivity contribution in [1.29, 1.82) is 0 Å². The van der Waals surface area contributed by atoms with Gasteiger partial charge in [0.2, 0.25) is 0 Å². The Balaban J connectivity index is 2.21. The highest BCUT2D eigenvalue weighted by molar-refractivity contribution is 7.90. The van der Waals surface area contributed by atoms with Crippen molar-refractivity contribution in [2.24, 2.45) is 7.05 Å². The summed E-state index contributed by atoms with van der Waals surface area (Å²) >= 11 is 0. The minimum Gasteiger partial charge on any atom is -0.456 e. The van der Waals surface area contributed by atoms with Crippen molar-refractivity contribution in [3.8, 4) is 11.5 Å². The van der Waals surface area contributed by atoms with Gasteiger partial charge in [-0.15, -0.1) is 0 Å². The van der Waals surface area contributed by atoms with Gasteiger partial charge in [-0.1, -0.05) is 12.1 Å². The Morgan fingerprint density at radius 3 is 2.33 bits per heavy atom. The lowest BCUT2D eigenvalue weighted by molar-refractivity contribution is 0.0960. The number of hydrogen-bond acceptors (Lipinski definition) is 6. The van der Waals surface area contributed by atoms with Crippen molar-refractivity contribution >= 4 is 33.3 Å². The molecule has 1 aromatic heterocycles. The van der Waals surface area contributed by atoms with Crippen LogP contribution < -0.4 is 30.4 Å². The van der Waals surface area contributed by atoms with Crippen molar-refractivity contribution in [2.45, 2.75) is 20.8 Å². The molecule has 3 rings (SSSR count). The number of carbonyl (C=O) groups is 1. The van der Waals surface area contributed by atoms with Crippen LogP contribution in [0.15, 0.2) is 41.2 Å². The van der Waals surface area contributed by atoms with Crippen LogP contribution in [0.25, 0.3) is 0 Å².